The van der Waals surface area contributed by atoms with E-state index in [4.69, 9.17) is 0 Å². The maximum Gasteiger partial charge on any atom is 0.0583 e. The van der Waals surface area contributed by atoms with Gasteiger partial charge in [-0.15, -0.1) is 0 Å². The van der Waals surface area contributed by atoms with Gasteiger partial charge in [0.1, 0.15) is 0 Å². The summed E-state index contributed by atoms with van der Waals surface area (Å²) in [5.74, 6) is 0. The fourth-order valence-electron chi connectivity index (χ4n) is 2.88. The minimum Gasteiger partial charge on any atom is -0.300 e. The number of piperidine rings is 1. The molecule has 0 aromatic heterocycles. The van der Waals surface area contributed by atoms with Gasteiger partial charge in [-0.2, -0.15) is 12.6 Å². The highest BCUT2D eigenvalue weighted by atomic mass is 32.1. The highest BCUT2D eigenvalue weighted by Crippen LogP contribution is 2.27. The molecule has 88 valence electrons. The monoisotopic (exact) mass is 228 g/mol. The van der Waals surface area contributed by atoms with Crippen LogP contribution in [0.25, 0.3) is 0 Å². The lowest BCUT2D eigenvalue weighted by Crippen LogP contribution is -2.49. The second kappa shape index (κ2) is 4.64. The third kappa shape index (κ3) is 2.89. The Balaban J connectivity index is 1.81. The molecule has 0 amide bonds. The molecule has 2 fully saturated rings. The van der Waals surface area contributed by atoms with Gasteiger partial charge in [-0.05, 0) is 52.6 Å². The minimum absolute atomic E-state index is 0.0655. The van der Waals surface area contributed by atoms with Gasteiger partial charge < -0.3 is 4.90 Å². The van der Waals surface area contributed by atoms with E-state index in [1.165, 1.54) is 51.9 Å². The summed E-state index contributed by atoms with van der Waals surface area (Å²) in [6.45, 7) is 9.53. The summed E-state index contributed by atoms with van der Waals surface area (Å²) >= 11 is 4.65. The van der Waals surface area contributed by atoms with E-state index < -0.39 is 0 Å². The summed E-state index contributed by atoms with van der Waals surface area (Å²) in [5, 5.41) is 0. The molecule has 0 atom stereocenters. The fraction of sp³-hybridized carbons (Fsp3) is 1.00. The van der Waals surface area contributed by atoms with Gasteiger partial charge in [0.15, 0.2) is 0 Å². The molecule has 0 radical (unpaired) electrons. The molecule has 0 aromatic rings. The van der Waals surface area contributed by atoms with Crippen LogP contribution in [0.4, 0.5) is 0 Å². The first kappa shape index (κ1) is 11.7. The molecule has 2 aliphatic rings. The average molecular weight is 228 g/mol. The molecule has 2 nitrogen and oxygen atoms in total. The van der Waals surface area contributed by atoms with Gasteiger partial charge >= 0.3 is 0 Å². The van der Waals surface area contributed by atoms with E-state index >= 15 is 0 Å². The van der Waals surface area contributed by atoms with Crippen LogP contribution in [0.5, 0.6) is 0 Å². The molecule has 0 N–H and O–H groups in total. The van der Waals surface area contributed by atoms with Crippen molar-refractivity contribution < 1.29 is 0 Å². The Morgan fingerprint density at radius 1 is 1.00 bits per heavy atom. The molecule has 2 rings (SSSR count). The Bertz CT molecular complexity index is 198. The van der Waals surface area contributed by atoms with Gasteiger partial charge in [0.2, 0.25) is 0 Å². The van der Waals surface area contributed by atoms with Gasteiger partial charge in [-0.25, -0.2) is 0 Å². The van der Waals surface area contributed by atoms with Crippen LogP contribution in [0.3, 0.4) is 0 Å². The van der Waals surface area contributed by atoms with Crippen molar-refractivity contribution in [3.05, 3.63) is 0 Å². The first-order valence-corrected chi connectivity index (χ1v) is 6.73. The number of thiol groups is 1. The lowest BCUT2D eigenvalue weighted by molar-refractivity contribution is 0.0962. The standard InChI is InChI=1S/C12H24N2S/c1-12(2,15)14-9-5-11(6-10-14)13-7-3-4-8-13/h11,15H,3-10H2,1-2H3. The predicted octanol–water partition coefficient (Wildman–Crippen LogP) is 2.21. The van der Waals surface area contributed by atoms with Crippen molar-refractivity contribution in [1.82, 2.24) is 9.80 Å². The van der Waals surface area contributed by atoms with E-state index in [0.29, 0.717) is 0 Å². The first-order valence-electron chi connectivity index (χ1n) is 6.29. The van der Waals surface area contributed by atoms with Crippen molar-refractivity contribution in [2.45, 2.75) is 50.4 Å². The lowest BCUT2D eigenvalue weighted by Gasteiger charge is -2.42. The Hall–Kier alpha value is 0.270. The molecule has 2 aliphatic heterocycles. The molecule has 0 aromatic carbocycles. The number of hydrogen-bond acceptors (Lipinski definition) is 3. The van der Waals surface area contributed by atoms with Crippen LogP contribution >= 0.6 is 12.6 Å². The van der Waals surface area contributed by atoms with Crippen LogP contribution in [0, 0.1) is 0 Å². The first-order chi connectivity index (χ1) is 7.07. The highest BCUT2D eigenvalue weighted by Gasteiger charge is 2.30. The van der Waals surface area contributed by atoms with E-state index in [0.717, 1.165) is 6.04 Å². The summed E-state index contributed by atoms with van der Waals surface area (Å²) in [6, 6.07) is 0.861. The fourth-order valence-corrected chi connectivity index (χ4v) is 3.08. The van der Waals surface area contributed by atoms with Crippen molar-refractivity contribution in [1.29, 1.82) is 0 Å². The van der Waals surface area contributed by atoms with Crippen LogP contribution in [-0.4, -0.2) is 46.9 Å². The molecule has 0 unspecified atom stereocenters. The molecule has 3 heteroatoms. The van der Waals surface area contributed by atoms with Crippen molar-refractivity contribution in [2.24, 2.45) is 0 Å². The SMILES string of the molecule is CC(C)(S)N1CCC(N2CCCC2)CC1. The van der Waals surface area contributed by atoms with E-state index in [1.807, 2.05) is 0 Å². The van der Waals surface area contributed by atoms with Gasteiger partial charge in [0.05, 0.1) is 4.87 Å². The summed E-state index contributed by atoms with van der Waals surface area (Å²) < 4.78 is 0. The second-order valence-electron chi connectivity index (χ2n) is 5.46. The van der Waals surface area contributed by atoms with Crippen molar-refractivity contribution >= 4 is 12.6 Å². The molecule has 2 saturated heterocycles. The Labute approximate surface area is 99.4 Å². The smallest absolute Gasteiger partial charge is 0.0583 e. The molecule has 15 heavy (non-hydrogen) atoms. The van der Waals surface area contributed by atoms with Crippen LogP contribution in [0.2, 0.25) is 0 Å². The van der Waals surface area contributed by atoms with Gasteiger partial charge in [0.25, 0.3) is 0 Å². The molecular formula is C12H24N2S. The maximum absolute atomic E-state index is 4.65. The quantitative estimate of drug-likeness (QED) is 0.724. The number of likely N-dealkylation sites (tertiary alicyclic amines) is 2. The Morgan fingerprint density at radius 3 is 2.00 bits per heavy atom. The molecule has 0 bridgehead atoms. The molecular weight excluding hydrogens is 204 g/mol. The number of hydrogen-bond donors (Lipinski definition) is 1. The zero-order valence-corrected chi connectivity index (χ0v) is 11.0. The van der Waals surface area contributed by atoms with Crippen molar-refractivity contribution in [2.75, 3.05) is 26.2 Å². The van der Waals surface area contributed by atoms with Crippen molar-refractivity contribution in [3.8, 4) is 0 Å². The topological polar surface area (TPSA) is 6.48 Å². The van der Waals surface area contributed by atoms with Gasteiger partial charge in [0, 0.05) is 19.1 Å². The summed E-state index contributed by atoms with van der Waals surface area (Å²) in [7, 11) is 0. The van der Waals surface area contributed by atoms with E-state index in [2.05, 4.69) is 36.3 Å². The van der Waals surface area contributed by atoms with Crippen LogP contribution in [-0.2, 0) is 0 Å². The largest absolute Gasteiger partial charge is 0.300 e. The third-order valence-corrected chi connectivity index (χ3v) is 4.18. The number of rotatable bonds is 2. The Morgan fingerprint density at radius 2 is 1.53 bits per heavy atom. The van der Waals surface area contributed by atoms with Crippen molar-refractivity contribution in [3.63, 3.8) is 0 Å². The summed E-state index contributed by atoms with van der Waals surface area (Å²) in [5.41, 5.74) is 0. The zero-order chi connectivity index (χ0) is 10.9. The molecule has 0 aliphatic carbocycles. The molecule has 0 spiro atoms. The lowest BCUT2D eigenvalue weighted by atomic mass is 10.0. The molecule has 2 heterocycles. The highest BCUT2D eigenvalue weighted by molar-refractivity contribution is 7.81. The zero-order valence-electron chi connectivity index (χ0n) is 10.1. The average Bonchev–Trinajstić information content (AvgIpc) is 2.69. The van der Waals surface area contributed by atoms with Gasteiger partial charge in [-0.1, -0.05) is 0 Å². The predicted molar refractivity (Wildman–Crippen MR) is 68.5 cm³/mol. The molecule has 0 saturated carbocycles. The minimum atomic E-state index is 0.0655. The summed E-state index contributed by atoms with van der Waals surface area (Å²) in [4.78, 5) is 5.27. The van der Waals surface area contributed by atoms with Gasteiger partial charge in [-0.3, -0.25) is 4.90 Å². The van der Waals surface area contributed by atoms with E-state index in [1.54, 1.807) is 0 Å². The second-order valence-corrected chi connectivity index (χ2v) is 6.55. The van der Waals surface area contributed by atoms with Crippen LogP contribution in [0.15, 0.2) is 0 Å². The van der Waals surface area contributed by atoms with Crippen LogP contribution in [0.1, 0.15) is 39.5 Å². The third-order valence-electron chi connectivity index (χ3n) is 3.90. The number of nitrogens with zero attached hydrogens (tertiary/aromatic N) is 2. The normalized spacial score (nSPS) is 27.4. The van der Waals surface area contributed by atoms with E-state index in [9.17, 15) is 0 Å². The van der Waals surface area contributed by atoms with E-state index in [-0.39, 0.29) is 4.87 Å². The maximum atomic E-state index is 4.65. The Kier molecular flexibility index (Phi) is 3.63. The van der Waals surface area contributed by atoms with Crippen LogP contribution < -0.4 is 0 Å². The summed E-state index contributed by atoms with van der Waals surface area (Å²) in [6.07, 6.45) is 5.50.